The van der Waals surface area contributed by atoms with E-state index >= 15 is 4.39 Å². The van der Waals surface area contributed by atoms with Crippen LogP contribution in [0.3, 0.4) is 0 Å². The molecule has 0 radical (unpaired) electrons. The molecule has 2 heterocycles. The highest BCUT2D eigenvalue weighted by Gasteiger charge is 2.23. The van der Waals surface area contributed by atoms with Gasteiger partial charge in [-0.3, -0.25) is 0 Å². The van der Waals surface area contributed by atoms with Gasteiger partial charge in [-0.1, -0.05) is 17.7 Å². The number of aromatic nitrogens is 2. The number of rotatable bonds is 9. The number of benzene rings is 2. The molecule has 2 N–H and O–H groups in total. The number of ether oxygens (including phenoxy) is 1. The number of fused-ring (bicyclic) bond motifs is 1. The third-order valence-corrected chi connectivity index (χ3v) is 8.18. The molecule has 0 aliphatic rings. The number of thiazole rings is 1. The number of hydrogen-bond acceptors (Lipinski definition) is 6. The first-order valence-electron chi connectivity index (χ1n) is 11.3. The quantitative estimate of drug-likeness (QED) is 0.338. The normalized spacial score (nSPS) is 11.6. The lowest BCUT2D eigenvalue weighted by Gasteiger charge is -2.10. The number of carbonyl (C=O) groups excluding carboxylic acids is 1. The molecular weight excluding hydrogens is 503 g/mol. The predicted octanol–water partition coefficient (Wildman–Crippen LogP) is 4.18. The zero-order valence-electron chi connectivity index (χ0n) is 20.2. The molecule has 0 unspecified atom stereocenters. The minimum atomic E-state index is -3.99. The lowest BCUT2D eigenvalue weighted by Crippen LogP contribution is -2.33. The molecule has 0 fully saturated rings. The van der Waals surface area contributed by atoms with Crippen molar-refractivity contribution < 1.29 is 22.3 Å². The van der Waals surface area contributed by atoms with Crippen LogP contribution < -0.4 is 15.4 Å². The van der Waals surface area contributed by atoms with Crippen molar-refractivity contribution in [3.8, 4) is 5.75 Å². The Morgan fingerprint density at radius 1 is 1.17 bits per heavy atom. The number of hydrogen-bond donors (Lipinski definition) is 2. The van der Waals surface area contributed by atoms with Crippen LogP contribution in [0.4, 0.5) is 9.18 Å². The maximum atomic E-state index is 15.1. The smallest absolute Gasteiger partial charge is 0.314 e. The van der Waals surface area contributed by atoms with Crippen molar-refractivity contribution in [2.75, 3.05) is 20.2 Å². The summed E-state index contributed by atoms with van der Waals surface area (Å²) < 4.78 is 48.8. The van der Waals surface area contributed by atoms with Gasteiger partial charge in [-0.15, -0.1) is 11.3 Å². The fraction of sp³-hybridized carbons (Fsp3) is 0.280. The lowest BCUT2D eigenvalue weighted by atomic mass is 10.1. The molecule has 0 atom stereocenters. The van der Waals surface area contributed by atoms with E-state index in [0.29, 0.717) is 23.8 Å². The van der Waals surface area contributed by atoms with Crippen molar-refractivity contribution in [1.29, 1.82) is 0 Å². The SMILES string of the molecule is CNC(=O)NCCc1cn(S(=O)(=O)c2ccc(C)cc2)c2cc(F)c(OCCc3csc(C)n3)cc12. The van der Waals surface area contributed by atoms with Crippen LogP contribution >= 0.6 is 11.3 Å². The summed E-state index contributed by atoms with van der Waals surface area (Å²) in [5.74, 6) is -0.633. The summed E-state index contributed by atoms with van der Waals surface area (Å²) in [7, 11) is -2.48. The third kappa shape index (κ3) is 5.52. The van der Waals surface area contributed by atoms with E-state index in [4.69, 9.17) is 4.74 Å². The van der Waals surface area contributed by atoms with Crippen molar-refractivity contribution in [2.24, 2.45) is 0 Å². The summed E-state index contributed by atoms with van der Waals surface area (Å²) in [6, 6.07) is 8.83. The zero-order valence-corrected chi connectivity index (χ0v) is 21.8. The molecule has 0 saturated carbocycles. The molecule has 0 bridgehead atoms. The van der Waals surface area contributed by atoms with Gasteiger partial charge in [-0.25, -0.2) is 26.6 Å². The number of halogens is 1. The maximum Gasteiger partial charge on any atom is 0.314 e. The highest BCUT2D eigenvalue weighted by molar-refractivity contribution is 7.90. The molecule has 2 aromatic carbocycles. The minimum absolute atomic E-state index is 0.0282. The van der Waals surface area contributed by atoms with Crippen LogP contribution in [0.25, 0.3) is 10.9 Å². The van der Waals surface area contributed by atoms with Gasteiger partial charge in [0.15, 0.2) is 11.6 Å². The Hall–Kier alpha value is -3.44. The zero-order chi connectivity index (χ0) is 25.9. The fourth-order valence-electron chi connectivity index (χ4n) is 3.78. The minimum Gasteiger partial charge on any atom is -0.490 e. The first-order chi connectivity index (χ1) is 17.2. The second-order valence-corrected chi connectivity index (χ2v) is 11.2. The average molecular weight is 531 g/mol. The van der Waals surface area contributed by atoms with Gasteiger partial charge in [0.1, 0.15) is 0 Å². The van der Waals surface area contributed by atoms with Gasteiger partial charge >= 0.3 is 6.03 Å². The summed E-state index contributed by atoms with van der Waals surface area (Å²) in [6.07, 6.45) is 2.34. The first-order valence-corrected chi connectivity index (χ1v) is 13.7. The number of carbonyl (C=O) groups is 1. The maximum absolute atomic E-state index is 15.1. The number of nitrogens with zero attached hydrogens (tertiary/aromatic N) is 2. The van der Waals surface area contributed by atoms with Crippen LogP contribution in [0.5, 0.6) is 5.75 Å². The highest BCUT2D eigenvalue weighted by Crippen LogP contribution is 2.32. The standard InChI is InChI=1S/C25H27FN4O4S2/c1-16-4-6-20(7-5-16)36(32,33)30-14-18(8-10-28-25(31)27-3)21-12-24(22(26)13-23(21)30)34-11-9-19-15-35-17(2)29-19/h4-7,12-15H,8-11H2,1-3H3,(H2,27,28,31). The molecule has 0 aliphatic carbocycles. The molecular formula is C25H27FN4O4S2. The number of amides is 2. The van der Waals surface area contributed by atoms with Crippen LogP contribution in [0.2, 0.25) is 0 Å². The van der Waals surface area contributed by atoms with Crippen molar-refractivity contribution >= 4 is 38.3 Å². The predicted molar refractivity (Wildman–Crippen MR) is 138 cm³/mol. The van der Waals surface area contributed by atoms with E-state index in [1.165, 1.54) is 48.8 Å². The van der Waals surface area contributed by atoms with Crippen LogP contribution in [-0.4, -0.2) is 43.6 Å². The van der Waals surface area contributed by atoms with E-state index in [1.807, 2.05) is 19.2 Å². The molecule has 0 saturated heterocycles. The number of nitrogens with one attached hydrogen (secondary N) is 2. The molecule has 11 heteroatoms. The number of urea groups is 1. The van der Waals surface area contributed by atoms with Crippen LogP contribution in [0.15, 0.2) is 52.9 Å². The molecule has 4 rings (SSSR count). The largest absolute Gasteiger partial charge is 0.490 e. The average Bonchev–Trinajstić information content (AvgIpc) is 3.42. The van der Waals surface area contributed by atoms with Gasteiger partial charge < -0.3 is 15.4 Å². The van der Waals surface area contributed by atoms with Crippen molar-refractivity contribution in [2.45, 2.75) is 31.6 Å². The molecule has 190 valence electrons. The van der Waals surface area contributed by atoms with Gasteiger partial charge in [0.2, 0.25) is 0 Å². The second-order valence-electron chi connectivity index (χ2n) is 8.28. The van der Waals surface area contributed by atoms with Crippen molar-refractivity contribution in [3.63, 3.8) is 0 Å². The van der Waals surface area contributed by atoms with Crippen LogP contribution in [0, 0.1) is 19.7 Å². The summed E-state index contributed by atoms with van der Waals surface area (Å²) >= 11 is 1.54. The molecule has 2 amide bonds. The first kappa shape index (κ1) is 25.6. The highest BCUT2D eigenvalue weighted by atomic mass is 32.2. The molecule has 4 aromatic rings. The Labute approximate surface area is 213 Å². The van der Waals surface area contributed by atoms with Crippen molar-refractivity contribution in [1.82, 2.24) is 19.6 Å². The van der Waals surface area contributed by atoms with Gasteiger partial charge in [-0.05, 0) is 44.0 Å². The lowest BCUT2D eigenvalue weighted by molar-refractivity contribution is 0.243. The molecule has 2 aromatic heterocycles. The van der Waals surface area contributed by atoms with E-state index in [-0.39, 0.29) is 35.3 Å². The Morgan fingerprint density at radius 2 is 1.92 bits per heavy atom. The van der Waals surface area contributed by atoms with Crippen molar-refractivity contribution in [3.05, 3.63) is 75.6 Å². The number of aryl methyl sites for hydroxylation is 2. The Morgan fingerprint density at radius 3 is 2.58 bits per heavy atom. The van der Waals surface area contributed by atoms with Gasteiger partial charge in [0, 0.05) is 43.0 Å². The Kier molecular flexibility index (Phi) is 7.60. The van der Waals surface area contributed by atoms with E-state index in [2.05, 4.69) is 15.6 Å². The van der Waals surface area contributed by atoms with E-state index in [1.54, 1.807) is 12.1 Å². The fourth-order valence-corrected chi connectivity index (χ4v) is 5.81. The topological polar surface area (TPSA) is 102 Å². The monoisotopic (exact) mass is 530 g/mol. The van der Waals surface area contributed by atoms with E-state index < -0.39 is 15.8 Å². The molecule has 8 nitrogen and oxygen atoms in total. The van der Waals surface area contributed by atoms with E-state index in [0.717, 1.165) is 20.2 Å². The van der Waals surface area contributed by atoms with Crippen LogP contribution in [-0.2, 0) is 22.9 Å². The van der Waals surface area contributed by atoms with E-state index in [9.17, 15) is 13.2 Å². The molecule has 0 aliphatic heterocycles. The Bertz CT molecular complexity index is 1490. The summed E-state index contributed by atoms with van der Waals surface area (Å²) in [6.45, 7) is 4.27. The van der Waals surface area contributed by atoms with Gasteiger partial charge in [-0.2, -0.15) is 0 Å². The van der Waals surface area contributed by atoms with Gasteiger partial charge in [0.05, 0.1) is 27.7 Å². The molecule has 36 heavy (non-hydrogen) atoms. The summed E-state index contributed by atoms with van der Waals surface area (Å²) in [5, 5.41) is 8.58. The second kappa shape index (κ2) is 10.7. The third-order valence-electron chi connectivity index (χ3n) is 5.67. The molecule has 0 spiro atoms. The van der Waals surface area contributed by atoms with Gasteiger partial charge in [0.25, 0.3) is 10.0 Å². The Balaban J connectivity index is 1.69. The summed E-state index contributed by atoms with van der Waals surface area (Å²) in [4.78, 5) is 16.1. The van der Waals surface area contributed by atoms with Crippen LogP contribution in [0.1, 0.15) is 21.8 Å². The summed E-state index contributed by atoms with van der Waals surface area (Å²) in [5.41, 5.74) is 2.63.